The Bertz CT molecular complexity index is 1550. The van der Waals surface area contributed by atoms with E-state index in [0.29, 0.717) is 39.6 Å². The van der Waals surface area contributed by atoms with Crippen LogP contribution in [0.2, 0.25) is 0 Å². The van der Waals surface area contributed by atoms with Gasteiger partial charge in [-0.25, -0.2) is 13.4 Å². The van der Waals surface area contributed by atoms with Crippen LogP contribution in [0, 0.1) is 0 Å². The van der Waals surface area contributed by atoms with E-state index < -0.39 is 15.9 Å². The number of ketones is 1. The highest BCUT2D eigenvalue weighted by molar-refractivity contribution is 7.90. The Kier molecular flexibility index (Phi) is 5.60. The summed E-state index contributed by atoms with van der Waals surface area (Å²) in [6.45, 7) is 1.48. The van der Waals surface area contributed by atoms with E-state index >= 15 is 0 Å². The number of nitrogens with zero attached hydrogens (tertiary/aromatic N) is 3. The molecule has 1 fully saturated rings. The molecule has 1 aliphatic heterocycles. The molecule has 4 aromatic rings. The average Bonchev–Trinajstić information content (AvgIpc) is 3.42. The second-order valence-corrected chi connectivity index (χ2v) is 10.5. The zero-order chi connectivity index (χ0) is 24.7. The molecule has 9 nitrogen and oxygen atoms in total. The number of H-pyrrole nitrogens is 1. The molecule has 2 aromatic carbocycles. The standard InChI is InChI=1S/C25H22N4O5S/c1-15(30)29-14-16(31)11-23(29)19-12-21-22(28-25(27-21)20-5-3-4-10-26-20)13-24(19)34-17-6-8-18(9-7-17)35(2,32)33/h3-10,12-13,23H,11,14H2,1-2H3,(H,27,28). The van der Waals surface area contributed by atoms with Gasteiger partial charge in [-0.2, -0.15) is 0 Å². The Morgan fingerprint density at radius 2 is 1.91 bits per heavy atom. The number of aromatic nitrogens is 3. The minimum atomic E-state index is -3.35. The van der Waals surface area contributed by atoms with E-state index in [1.807, 2.05) is 24.3 Å². The van der Waals surface area contributed by atoms with Crippen molar-refractivity contribution >= 4 is 32.6 Å². The molecule has 1 saturated heterocycles. The van der Waals surface area contributed by atoms with Crippen LogP contribution in [0.4, 0.5) is 0 Å². The van der Waals surface area contributed by atoms with Crippen molar-refractivity contribution < 1.29 is 22.7 Å². The fourth-order valence-corrected chi connectivity index (χ4v) is 4.84. The van der Waals surface area contributed by atoms with Crippen LogP contribution < -0.4 is 4.74 Å². The molecule has 0 spiro atoms. The molecule has 1 aliphatic rings. The third-order valence-corrected chi connectivity index (χ3v) is 7.04. The van der Waals surface area contributed by atoms with E-state index in [2.05, 4.69) is 15.0 Å². The molecule has 0 bridgehead atoms. The highest BCUT2D eigenvalue weighted by Gasteiger charge is 2.35. The number of Topliss-reactive ketones (excluding diaryl/α,β-unsaturated/α-hetero) is 1. The number of fused-ring (bicyclic) bond motifs is 1. The van der Waals surface area contributed by atoms with E-state index in [4.69, 9.17) is 4.74 Å². The predicted octanol–water partition coefficient (Wildman–Crippen LogP) is 3.68. The van der Waals surface area contributed by atoms with Crippen molar-refractivity contribution in [3.8, 4) is 23.0 Å². The maximum Gasteiger partial charge on any atom is 0.220 e. The van der Waals surface area contributed by atoms with Crippen molar-refractivity contribution in [1.82, 2.24) is 19.9 Å². The highest BCUT2D eigenvalue weighted by atomic mass is 32.2. The Morgan fingerprint density at radius 1 is 1.14 bits per heavy atom. The van der Waals surface area contributed by atoms with Gasteiger partial charge in [0.2, 0.25) is 5.91 Å². The van der Waals surface area contributed by atoms with Gasteiger partial charge in [-0.15, -0.1) is 0 Å². The van der Waals surface area contributed by atoms with Gasteiger partial charge in [0.25, 0.3) is 0 Å². The average molecular weight is 491 g/mol. The maximum absolute atomic E-state index is 12.3. The minimum Gasteiger partial charge on any atom is -0.457 e. The summed E-state index contributed by atoms with van der Waals surface area (Å²) in [6, 6.07) is 14.7. The van der Waals surface area contributed by atoms with Crippen LogP contribution in [0.5, 0.6) is 11.5 Å². The zero-order valence-electron chi connectivity index (χ0n) is 19.1. The Labute approximate surface area is 201 Å². The summed E-state index contributed by atoms with van der Waals surface area (Å²) in [5, 5.41) is 0. The Morgan fingerprint density at radius 3 is 2.57 bits per heavy atom. The molecule has 5 rings (SSSR count). The van der Waals surface area contributed by atoms with Gasteiger partial charge in [-0.05, 0) is 42.5 Å². The minimum absolute atomic E-state index is 0.0347. The normalized spacial score (nSPS) is 16.1. The summed E-state index contributed by atoms with van der Waals surface area (Å²) in [5.74, 6) is 1.18. The first kappa shape index (κ1) is 22.7. The van der Waals surface area contributed by atoms with Crippen molar-refractivity contribution in [2.45, 2.75) is 24.3 Å². The predicted molar refractivity (Wildman–Crippen MR) is 129 cm³/mol. The van der Waals surface area contributed by atoms with Crippen LogP contribution in [0.25, 0.3) is 22.6 Å². The number of imidazole rings is 1. The Balaban J connectivity index is 1.61. The lowest BCUT2D eigenvalue weighted by molar-refractivity contribution is -0.131. The van der Waals surface area contributed by atoms with Gasteiger partial charge in [0.15, 0.2) is 21.4 Å². The number of carbonyl (C=O) groups excluding carboxylic acids is 2. The third-order valence-electron chi connectivity index (χ3n) is 5.91. The number of likely N-dealkylation sites (tertiary alicyclic amines) is 1. The number of hydrogen-bond acceptors (Lipinski definition) is 7. The number of aromatic amines is 1. The lowest BCUT2D eigenvalue weighted by atomic mass is 10.0. The first-order valence-electron chi connectivity index (χ1n) is 10.9. The molecule has 2 aromatic heterocycles. The van der Waals surface area contributed by atoms with Crippen LogP contribution in [0.3, 0.4) is 0 Å². The SMILES string of the molecule is CC(=O)N1CC(=O)CC1c1cc2[nH]c(-c3ccccn3)nc2cc1Oc1ccc(S(C)(=O)=O)cc1. The van der Waals surface area contributed by atoms with Crippen LogP contribution >= 0.6 is 0 Å². The van der Waals surface area contributed by atoms with Crippen LogP contribution in [-0.4, -0.2) is 52.8 Å². The van der Waals surface area contributed by atoms with E-state index in [0.717, 1.165) is 6.26 Å². The van der Waals surface area contributed by atoms with E-state index in [1.54, 1.807) is 24.4 Å². The molecule has 1 amide bonds. The molecule has 3 heterocycles. The monoisotopic (exact) mass is 490 g/mol. The molecule has 178 valence electrons. The molecule has 0 saturated carbocycles. The van der Waals surface area contributed by atoms with Gasteiger partial charge in [0, 0.05) is 37.4 Å². The van der Waals surface area contributed by atoms with Crippen LogP contribution in [-0.2, 0) is 19.4 Å². The number of benzene rings is 2. The van der Waals surface area contributed by atoms with Crippen molar-refractivity contribution in [2.75, 3.05) is 12.8 Å². The molecule has 0 aliphatic carbocycles. The van der Waals surface area contributed by atoms with Crippen molar-refractivity contribution in [3.63, 3.8) is 0 Å². The van der Waals surface area contributed by atoms with E-state index in [1.165, 1.54) is 24.0 Å². The number of carbonyl (C=O) groups is 2. The molecule has 1 unspecified atom stereocenters. The molecular weight excluding hydrogens is 468 g/mol. The molecule has 10 heteroatoms. The molecule has 1 N–H and O–H groups in total. The number of pyridine rings is 1. The summed E-state index contributed by atoms with van der Waals surface area (Å²) in [6.07, 6.45) is 2.99. The third kappa shape index (κ3) is 4.52. The number of amides is 1. The van der Waals surface area contributed by atoms with Crippen LogP contribution in [0.1, 0.15) is 24.9 Å². The topological polar surface area (TPSA) is 122 Å². The number of ether oxygens (including phenoxy) is 1. The Hall–Kier alpha value is -4.05. The first-order chi connectivity index (χ1) is 16.7. The highest BCUT2D eigenvalue weighted by Crippen LogP contribution is 2.40. The summed E-state index contributed by atoms with van der Waals surface area (Å²) in [5.41, 5.74) is 2.66. The number of hydrogen-bond donors (Lipinski definition) is 1. The lowest BCUT2D eigenvalue weighted by Crippen LogP contribution is -2.29. The molecular formula is C25H22N4O5S. The molecule has 1 atom stereocenters. The van der Waals surface area contributed by atoms with Gasteiger partial charge >= 0.3 is 0 Å². The first-order valence-corrected chi connectivity index (χ1v) is 12.8. The quantitative estimate of drug-likeness (QED) is 0.453. The van der Waals surface area contributed by atoms with Gasteiger partial charge in [-0.3, -0.25) is 14.6 Å². The van der Waals surface area contributed by atoms with Crippen molar-refractivity contribution in [3.05, 3.63) is 66.4 Å². The summed E-state index contributed by atoms with van der Waals surface area (Å²) in [4.78, 5) is 38.5. The molecule has 0 radical (unpaired) electrons. The van der Waals surface area contributed by atoms with Gasteiger partial charge in [0.05, 0.1) is 28.5 Å². The maximum atomic E-state index is 12.3. The fraction of sp³-hybridized carbons (Fsp3) is 0.200. The summed E-state index contributed by atoms with van der Waals surface area (Å²) >= 11 is 0. The van der Waals surface area contributed by atoms with E-state index in [9.17, 15) is 18.0 Å². The lowest BCUT2D eigenvalue weighted by Gasteiger charge is -2.24. The summed E-state index contributed by atoms with van der Waals surface area (Å²) in [7, 11) is -3.35. The van der Waals surface area contributed by atoms with Gasteiger partial charge < -0.3 is 14.6 Å². The number of sulfone groups is 1. The number of nitrogens with one attached hydrogen (secondary N) is 1. The van der Waals surface area contributed by atoms with Crippen molar-refractivity contribution in [1.29, 1.82) is 0 Å². The van der Waals surface area contributed by atoms with E-state index in [-0.39, 0.29) is 29.6 Å². The number of rotatable bonds is 5. The molecule has 35 heavy (non-hydrogen) atoms. The fourth-order valence-electron chi connectivity index (χ4n) is 4.21. The largest absolute Gasteiger partial charge is 0.457 e. The van der Waals surface area contributed by atoms with Crippen LogP contribution in [0.15, 0.2) is 65.7 Å². The zero-order valence-corrected chi connectivity index (χ0v) is 19.9. The van der Waals surface area contributed by atoms with Gasteiger partial charge in [0.1, 0.15) is 17.2 Å². The summed E-state index contributed by atoms with van der Waals surface area (Å²) < 4.78 is 29.8. The second-order valence-electron chi connectivity index (χ2n) is 8.46. The van der Waals surface area contributed by atoms with Gasteiger partial charge in [-0.1, -0.05) is 6.07 Å². The smallest absolute Gasteiger partial charge is 0.220 e. The second kappa shape index (κ2) is 8.62. The van der Waals surface area contributed by atoms with Crippen molar-refractivity contribution in [2.24, 2.45) is 0 Å².